The van der Waals surface area contributed by atoms with Gasteiger partial charge < -0.3 is 5.32 Å². The monoisotopic (exact) mass is 295 g/mol. The molecule has 3 nitrogen and oxygen atoms in total. The lowest BCUT2D eigenvalue weighted by Gasteiger charge is -2.17. The molecule has 0 spiro atoms. The van der Waals surface area contributed by atoms with Crippen LogP contribution in [0.4, 0.5) is 0 Å². The van der Waals surface area contributed by atoms with Crippen LogP contribution in [0.15, 0.2) is 24.4 Å². The van der Waals surface area contributed by atoms with Crippen LogP contribution >= 0.6 is 23.1 Å². The molecule has 2 aromatic rings. The van der Waals surface area contributed by atoms with Crippen LogP contribution in [0, 0.1) is 6.92 Å². The molecule has 0 saturated heterocycles. The molecule has 0 bridgehead atoms. The maximum absolute atomic E-state index is 6.31. The Kier molecular flexibility index (Phi) is 5.31. The summed E-state index contributed by atoms with van der Waals surface area (Å²) < 4.78 is 3.95. The maximum Gasteiger partial charge on any atom is 0.0669 e. The molecule has 0 aliphatic carbocycles. The summed E-state index contributed by atoms with van der Waals surface area (Å²) in [5.74, 6) is 0. The Labute approximate surface area is 123 Å². The number of hydrogen-bond acceptors (Lipinski definition) is 4. The number of nitrogens with one attached hydrogen (secondary N) is 1. The number of benzene rings is 1. The predicted octanol–water partition coefficient (Wildman–Crippen LogP) is 3.78. The number of aryl methyl sites for hydroxylation is 1. The molecule has 0 fully saturated rings. The SMILES string of the molecule is CCCNC(Cc1ccc(C)cc1Cl)c1cnns1. The summed E-state index contributed by atoms with van der Waals surface area (Å²) in [5, 5.41) is 8.29. The third kappa shape index (κ3) is 4.00. The summed E-state index contributed by atoms with van der Waals surface area (Å²) in [4.78, 5) is 1.16. The summed E-state index contributed by atoms with van der Waals surface area (Å²) in [6.45, 7) is 5.19. The van der Waals surface area contributed by atoms with Crippen LogP contribution in [-0.2, 0) is 6.42 Å². The molecular weight excluding hydrogens is 278 g/mol. The van der Waals surface area contributed by atoms with E-state index in [2.05, 4.69) is 40.9 Å². The summed E-state index contributed by atoms with van der Waals surface area (Å²) in [6.07, 6.45) is 3.80. The van der Waals surface area contributed by atoms with Crippen LogP contribution in [0.5, 0.6) is 0 Å². The third-order valence-electron chi connectivity index (χ3n) is 3.00. The van der Waals surface area contributed by atoms with E-state index in [0.29, 0.717) is 0 Å². The van der Waals surface area contributed by atoms with Gasteiger partial charge in [-0.15, -0.1) is 5.10 Å². The molecule has 1 aromatic heterocycles. The van der Waals surface area contributed by atoms with Crippen LogP contribution in [0.2, 0.25) is 5.02 Å². The molecule has 19 heavy (non-hydrogen) atoms. The zero-order chi connectivity index (χ0) is 13.7. The first-order chi connectivity index (χ1) is 9.20. The van der Waals surface area contributed by atoms with Crippen molar-refractivity contribution in [3.05, 3.63) is 45.4 Å². The first-order valence-corrected chi connectivity index (χ1v) is 7.61. The van der Waals surface area contributed by atoms with E-state index in [1.807, 2.05) is 12.3 Å². The van der Waals surface area contributed by atoms with E-state index in [4.69, 9.17) is 11.6 Å². The summed E-state index contributed by atoms with van der Waals surface area (Å²) in [5.41, 5.74) is 2.35. The minimum atomic E-state index is 0.236. The highest BCUT2D eigenvalue weighted by Crippen LogP contribution is 2.25. The van der Waals surface area contributed by atoms with Gasteiger partial charge in [-0.05, 0) is 55.0 Å². The van der Waals surface area contributed by atoms with Crippen molar-refractivity contribution in [2.24, 2.45) is 0 Å². The van der Waals surface area contributed by atoms with Crippen molar-refractivity contribution in [1.82, 2.24) is 14.9 Å². The van der Waals surface area contributed by atoms with Crippen molar-refractivity contribution in [3.8, 4) is 0 Å². The first kappa shape index (κ1) is 14.4. The van der Waals surface area contributed by atoms with Gasteiger partial charge in [0.2, 0.25) is 0 Å². The number of rotatable bonds is 6. The van der Waals surface area contributed by atoms with E-state index < -0.39 is 0 Å². The highest BCUT2D eigenvalue weighted by atomic mass is 35.5. The van der Waals surface area contributed by atoms with Crippen LogP contribution < -0.4 is 5.32 Å². The van der Waals surface area contributed by atoms with Gasteiger partial charge in [-0.2, -0.15) is 0 Å². The minimum absolute atomic E-state index is 0.236. The average Bonchev–Trinajstić information content (AvgIpc) is 2.90. The van der Waals surface area contributed by atoms with Crippen LogP contribution in [-0.4, -0.2) is 16.1 Å². The van der Waals surface area contributed by atoms with E-state index in [0.717, 1.165) is 34.8 Å². The standard InChI is InChI=1S/C14H18ClN3S/c1-3-6-16-13(14-9-17-18-19-14)8-11-5-4-10(2)7-12(11)15/h4-5,7,9,13,16H,3,6,8H2,1-2H3. The molecule has 0 radical (unpaired) electrons. The average molecular weight is 296 g/mol. The predicted molar refractivity (Wildman–Crippen MR) is 80.8 cm³/mol. The fraction of sp³-hybridized carbons (Fsp3) is 0.429. The normalized spacial score (nSPS) is 12.6. The Hall–Kier alpha value is -0.970. The molecule has 0 aliphatic rings. The summed E-state index contributed by atoms with van der Waals surface area (Å²) >= 11 is 7.76. The zero-order valence-electron chi connectivity index (χ0n) is 11.2. The Morgan fingerprint density at radius 1 is 1.42 bits per heavy atom. The molecule has 0 amide bonds. The maximum atomic E-state index is 6.31. The van der Waals surface area contributed by atoms with Gasteiger partial charge in [0, 0.05) is 11.1 Å². The second kappa shape index (κ2) is 6.98. The fourth-order valence-corrected chi connectivity index (χ4v) is 2.85. The molecule has 102 valence electrons. The van der Waals surface area contributed by atoms with Gasteiger partial charge in [-0.3, -0.25) is 0 Å². The second-order valence-corrected chi connectivity index (χ2v) is 5.85. The fourth-order valence-electron chi connectivity index (χ4n) is 1.96. The molecule has 1 atom stereocenters. The Morgan fingerprint density at radius 2 is 2.26 bits per heavy atom. The quantitative estimate of drug-likeness (QED) is 0.881. The van der Waals surface area contributed by atoms with E-state index in [1.54, 1.807) is 0 Å². The van der Waals surface area contributed by atoms with Crippen molar-refractivity contribution in [1.29, 1.82) is 0 Å². The van der Waals surface area contributed by atoms with E-state index in [-0.39, 0.29) is 6.04 Å². The van der Waals surface area contributed by atoms with Crippen molar-refractivity contribution in [2.75, 3.05) is 6.54 Å². The minimum Gasteiger partial charge on any atom is -0.309 e. The molecule has 0 aliphatic heterocycles. The summed E-state index contributed by atoms with van der Waals surface area (Å²) in [7, 11) is 0. The third-order valence-corrected chi connectivity index (χ3v) is 4.12. The Balaban J connectivity index is 2.15. The van der Waals surface area contributed by atoms with E-state index in [9.17, 15) is 0 Å². The Morgan fingerprint density at radius 3 is 2.89 bits per heavy atom. The first-order valence-electron chi connectivity index (χ1n) is 6.46. The number of hydrogen-bond donors (Lipinski definition) is 1. The molecule has 1 heterocycles. The van der Waals surface area contributed by atoms with Gasteiger partial charge in [0.1, 0.15) is 0 Å². The van der Waals surface area contributed by atoms with Gasteiger partial charge in [-0.1, -0.05) is 35.1 Å². The molecule has 5 heteroatoms. The van der Waals surface area contributed by atoms with E-state index in [1.165, 1.54) is 17.1 Å². The van der Waals surface area contributed by atoms with Gasteiger partial charge >= 0.3 is 0 Å². The summed E-state index contributed by atoms with van der Waals surface area (Å²) in [6, 6.07) is 6.45. The van der Waals surface area contributed by atoms with Gasteiger partial charge in [0.15, 0.2) is 0 Å². The molecule has 1 unspecified atom stereocenters. The molecular formula is C14H18ClN3S. The van der Waals surface area contributed by atoms with Crippen molar-refractivity contribution < 1.29 is 0 Å². The second-order valence-electron chi connectivity index (χ2n) is 4.63. The molecule has 1 aromatic carbocycles. The van der Waals surface area contributed by atoms with Gasteiger partial charge in [0.05, 0.1) is 11.1 Å². The largest absolute Gasteiger partial charge is 0.309 e. The van der Waals surface area contributed by atoms with Gasteiger partial charge in [0.25, 0.3) is 0 Å². The van der Waals surface area contributed by atoms with Crippen LogP contribution in [0.25, 0.3) is 0 Å². The van der Waals surface area contributed by atoms with Crippen LogP contribution in [0.1, 0.15) is 35.4 Å². The zero-order valence-corrected chi connectivity index (χ0v) is 12.8. The van der Waals surface area contributed by atoms with E-state index >= 15 is 0 Å². The molecule has 1 N–H and O–H groups in total. The molecule has 2 rings (SSSR count). The van der Waals surface area contributed by atoms with Gasteiger partial charge in [-0.25, -0.2) is 0 Å². The smallest absolute Gasteiger partial charge is 0.0669 e. The van der Waals surface area contributed by atoms with Crippen molar-refractivity contribution in [2.45, 2.75) is 32.7 Å². The number of nitrogens with zero attached hydrogens (tertiary/aromatic N) is 2. The highest BCUT2D eigenvalue weighted by molar-refractivity contribution is 7.05. The Bertz CT molecular complexity index is 513. The number of halogens is 1. The lowest BCUT2D eigenvalue weighted by molar-refractivity contribution is 0.536. The highest BCUT2D eigenvalue weighted by Gasteiger charge is 2.15. The topological polar surface area (TPSA) is 37.8 Å². The lowest BCUT2D eigenvalue weighted by Crippen LogP contribution is -2.23. The lowest BCUT2D eigenvalue weighted by atomic mass is 10.0. The van der Waals surface area contributed by atoms with Crippen molar-refractivity contribution in [3.63, 3.8) is 0 Å². The molecule has 0 saturated carbocycles. The van der Waals surface area contributed by atoms with Crippen molar-refractivity contribution >= 4 is 23.1 Å². The van der Waals surface area contributed by atoms with Crippen LogP contribution in [0.3, 0.4) is 0 Å². The number of aromatic nitrogens is 2.